The third kappa shape index (κ3) is 1.97. The highest BCUT2D eigenvalue weighted by Crippen LogP contribution is 1.67. The summed E-state index contributed by atoms with van der Waals surface area (Å²) in [7, 11) is 4.67. The Hall–Kier alpha value is -0.305. The first kappa shape index (κ1) is 5.69. The summed E-state index contributed by atoms with van der Waals surface area (Å²) in [6, 6.07) is -0.509. The lowest BCUT2D eigenvalue weighted by Gasteiger charge is -1.92. The van der Waals surface area contributed by atoms with Gasteiger partial charge in [-0.3, -0.25) is 0 Å². The minimum absolute atomic E-state index is 0.463. The second-order valence-electron chi connectivity index (χ2n) is 1.19. The molecule has 0 aliphatic heterocycles. The number of hydrogen-bond donors (Lipinski definition) is 1. The van der Waals surface area contributed by atoms with Gasteiger partial charge in [0.2, 0.25) is 0 Å². The predicted octanol–water partition coefficient (Wildman–Crippen LogP) is -0.971. The summed E-state index contributed by atoms with van der Waals surface area (Å²) in [5.41, 5.74) is 4.50. The molecule has 0 amide bonds. The molecule has 0 fully saturated rings. The molecule has 0 aliphatic rings. The largest absolute Gasteiger partial charge is 0.323 e. The molecule has 1 unspecified atom stereocenters. The zero-order valence-corrected chi connectivity index (χ0v) is 3.64. The van der Waals surface area contributed by atoms with Crippen LogP contribution in [0.5, 0.6) is 0 Å². The Morgan fingerprint density at radius 2 is 2.17 bits per heavy atom. The summed E-state index contributed by atoms with van der Waals surface area (Å²) in [6.45, 7) is 1.54. The standard InChI is InChI=1S/C3H6BNO/c1-2(5)3(4)6/h2H,5H2,1H3. The minimum atomic E-state index is -0.509. The summed E-state index contributed by atoms with van der Waals surface area (Å²) in [6.07, 6.45) is 0. The summed E-state index contributed by atoms with van der Waals surface area (Å²) < 4.78 is 0. The third-order valence-electron chi connectivity index (χ3n) is 0.449. The lowest BCUT2D eigenvalue weighted by Crippen LogP contribution is -2.26. The van der Waals surface area contributed by atoms with Crippen LogP contribution in [0.1, 0.15) is 6.92 Å². The van der Waals surface area contributed by atoms with Gasteiger partial charge in [-0.05, 0) is 6.92 Å². The molecule has 0 heterocycles. The zero-order valence-electron chi connectivity index (χ0n) is 3.64. The van der Waals surface area contributed by atoms with Crippen molar-refractivity contribution in [3.63, 3.8) is 0 Å². The molecule has 0 saturated carbocycles. The maximum Gasteiger partial charge on any atom is 0.170 e. The first-order valence-corrected chi connectivity index (χ1v) is 1.69. The number of carbonyl (C=O) groups excluding carboxylic acids is 1. The van der Waals surface area contributed by atoms with Crippen LogP contribution in [0.3, 0.4) is 0 Å². The summed E-state index contributed by atoms with van der Waals surface area (Å²) in [5, 5.41) is 0. The Kier molecular flexibility index (Phi) is 1.88. The first-order valence-electron chi connectivity index (χ1n) is 1.69. The number of rotatable bonds is 1. The lowest BCUT2D eigenvalue weighted by atomic mass is 9.97. The molecule has 0 aromatic carbocycles. The first-order chi connectivity index (χ1) is 2.64. The summed E-state index contributed by atoms with van der Waals surface area (Å²) in [4.78, 5) is 9.80. The van der Waals surface area contributed by atoms with Crippen molar-refractivity contribution in [1.29, 1.82) is 0 Å². The van der Waals surface area contributed by atoms with Gasteiger partial charge in [-0.15, -0.1) is 0 Å². The van der Waals surface area contributed by atoms with E-state index in [2.05, 4.69) is 7.85 Å². The molecule has 0 spiro atoms. The highest BCUT2D eigenvalue weighted by Gasteiger charge is 1.94. The Labute approximate surface area is 38.1 Å². The van der Waals surface area contributed by atoms with Crippen LogP contribution >= 0.6 is 0 Å². The van der Waals surface area contributed by atoms with Crippen molar-refractivity contribution in [2.75, 3.05) is 0 Å². The molecule has 0 saturated heterocycles. The van der Waals surface area contributed by atoms with E-state index in [1.807, 2.05) is 0 Å². The second kappa shape index (κ2) is 1.98. The SMILES string of the molecule is [B]C(=O)C(C)N. The Morgan fingerprint density at radius 3 is 2.17 bits per heavy atom. The average molecular weight is 82.9 g/mol. The number of carbonyl (C=O) groups is 1. The predicted molar refractivity (Wildman–Crippen MR) is 24.4 cm³/mol. The molecule has 2 N–H and O–H groups in total. The molecule has 1 atom stereocenters. The Balaban J connectivity index is 3.26. The van der Waals surface area contributed by atoms with Crippen LogP contribution in [-0.4, -0.2) is 19.6 Å². The van der Waals surface area contributed by atoms with Gasteiger partial charge in [0.05, 0.1) is 5.68 Å². The van der Waals surface area contributed by atoms with Crippen molar-refractivity contribution in [1.82, 2.24) is 0 Å². The van der Waals surface area contributed by atoms with Gasteiger partial charge in [0.25, 0.3) is 0 Å². The van der Waals surface area contributed by atoms with Gasteiger partial charge in [-0.2, -0.15) is 0 Å². The molecule has 32 valence electrons. The van der Waals surface area contributed by atoms with Gasteiger partial charge >= 0.3 is 0 Å². The minimum Gasteiger partial charge on any atom is -0.323 e. The van der Waals surface area contributed by atoms with Gasteiger partial charge < -0.3 is 10.5 Å². The van der Waals surface area contributed by atoms with Crippen LogP contribution in [-0.2, 0) is 4.79 Å². The number of hydrogen-bond acceptors (Lipinski definition) is 2. The fourth-order valence-electron chi connectivity index (χ4n) is 0. The van der Waals surface area contributed by atoms with E-state index in [9.17, 15) is 4.79 Å². The summed E-state index contributed by atoms with van der Waals surface area (Å²) >= 11 is 0. The van der Waals surface area contributed by atoms with E-state index < -0.39 is 11.7 Å². The molecule has 3 heteroatoms. The Morgan fingerprint density at radius 1 is 2.00 bits per heavy atom. The number of nitrogens with two attached hydrogens (primary N) is 1. The second-order valence-corrected chi connectivity index (χ2v) is 1.19. The van der Waals surface area contributed by atoms with Crippen molar-refractivity contribution in [2.24, 2.45) is 5.73 Å². The van der Waals surface area contributed by atoms with Gasteiger partial charge in [0.15, 0.2) is 7.85 Å². The molecule has 2 radical (unpaired) electrons. The lowest BCUT2D eigenvalue weighted by molar-refractivity contribution is -0.112. The normalized spacial score (nSPS) is 13.7. The molecule has 0 rings (SSSR count). The fraction of sp³-hybridized carbons (Fsp3) is 0.667. The van der Waals surface area contributed by atoms with Crippen molar-refractivity contribution in [2.45, 2.75) is 13.0 Å². The zero-order chi connectivity index (χ0) is 5.15. The van der Waals surface area contributed by atoms with Crippen LogP contribution in [0.2, 0.25) is 0 Å². The molecular weight excluding hydrogens is 76.9 g/mol. The third-order valence-corrected chi connectivity index (χ3v) is 0.449. The molecular formula is C3H6BNO. The molecule has 2 nitrogen and oxygen atoms in total. The smallest absolute Gasteiger partial charge is 0.170 e. The van der Waals surface area contributed by atoms with Gasteiger partial charge in [-0.25, -0.2) is 0 Å². The summed E-state index contributed by atoms with van der Waals surface area (Å²) in [5.74, 6) is 0. The van der Waals surface area contributed by atoms with E-state index in [0.717, 1.165) is 0 Å². The van der Waals surface area contributed by atoms with Crippen LogP contribution in [0.4, 0.5) is 0 Å². The maximum atomic E-state index is 9.80. The van der Waals surface area contributed by atoms with Crippen LogP contribution in [0.25, 0.3) is 0 Å². The van der Waals surface area contributed by atoms with E-state index in [0.29, 0.717) is 0 Å². The molecule has 0 aromatic heterocycles. The highest BCUT2D eigenvalue weighted by atomic mass is 16.1. The average Bonchev–Trinajstić information content (AvgIpc) is 1.36. The van der Waals surface area contributed by atoms with E-state index in [1.165, 1.54) is 0 Å². The van der Waals surface area contributed by atoms with Gasteiger partial charge in [-0.1, -0.05) is 0 Å². The van der Waals surface area contributed by atoms with Gasteiger partial charge in [0, 0.05) is 6.04 Å². The van der Waals surface area contributed by atoms with E-state index in [-0.39, 0.29) is 0 Å². The molecule has 0 bridgehead atoms. The van der Waals surface area contributed by atoms with E-state index >= 15 is 0 Å². The molecule has 0 aromatic rings. The van der Waals surface area contributed by atoms with Crippen molar-refractivity contribution in [3.8, 4) is 0 Å². The van der Waals surface area contributed by atoms with Crippen molar-refractivity contribution >= 4 is 13.5 Å². The van der Waals surface area contributed by atoms with Crippen LogP contribution < -0.4 is 5.73 Å². The van der Waals surface area contributed by atoms with Crippen LogP contribution in [0.15, 0.2) is 0 Å². The topological polar surface area (TPSA) is 43.1 Å². The Bertz CT molecular complexity index is 61.8. The van der Waals surface area contributed by atoms with Crippen molar-refractivity contribution in [3.05, 3.63) is 0 Å². The highest BCUT2D eigenvalue weighted by molar-refractivity contribution is 6.58. The van der Waals surface area contributed by atoms with Crippen molar-refractivity contribution < 1.29 is 4.79 Å². The van der Waals surface area contributed by atoms with Crippen LogP contribution in [0, 0.1) is 0 Å². The maximum absolute atomic E-state index is 9.80. The van der Waals surface area contributed by atoms with Gasteiger partial charge in [0.1, 0.15) is 0 Å². The molecule has 6 heavy (non-hydrogen) atoms. The fourth-order valence-corrected chi connectivity index (χ4v) is 0. The van der Waals surface area contributed by atoms with E-state index in [1.54, 1.807) is 6.92 Å². The quantitative estimate of drug-likeness (QED) is 0.414. The molecule has 0 aliphatic carbocycles. The van der Waals surface area contributed by atoms with E-state index in [4.69, 9.17) is 5.73 Å². The monoisotopic (exact) mass is 83.1 g/mol.